The molecule has 1 aromatic carbocycles. The van der Waals surface area contributed by atoms with Gasteiger partial charge in [-0.2, -0.15) is 0 Å². The zero-order chi connectivity index (χ0) is 18.6. The third-order valence-electron chi connectivity index (χ3n) is 4.49. The van der Waals surface area contributed by atoms with Crippen molar-refractivity contribution in [2.45, 2.75) is 31.3 Å². The quantitative estimate of drug-likeness (QED) is 0.518. The van der Waals surface area contributed by atoms with E-state index in [4.69, 9.17) is 5.73 Å². The molecule has 1 unspecified atom stereocenters. The lowest BCUT2D eigenvalue weighted by Crippen LogP contribution is -2.56. The van der Waals surface area contributed by atoms with Crippen molar-refractivity contribution in [2.75, 3.05) is 6.61 Å². The molecule has 0 bridgehead atoms. The van der Waals surface area contributed by atoms with Crippen LogP contribution in [0.5, 0.6) is 0 Å². The number of hydrogen-bond donors (Lipinski definition) is 4. The molecule has 0 radical (unpaired) electrons. The number of carbonyl (C=O) groups excluding carboxylic acids is 1. The Morgan fingerprint density at radius 2 is 2.08 bits per heavy atom. The van der Waals surface area contributed by atoms with Crippen LogP contribution in [0.2, 0.25) is 0 Å². The average Bonchev–Trinajstić information content (AvgIpc) is 3.04. The lowest BCUT2D eigenvalue weighted by atomic mass is 9.92. The molecule has 0 fully saturated rings. The van der Waals surface area contributed by atoms with Gasteiger partial charge in [-0.1, -0.05) is 30.3 Å². The van der Waals surface area contributed by atoms with E-state index in [0.717, 1.165) is 22.2 Å². The third kappa shape index (κ3) is 4.09. The Balaban J connectivity index is 1.68. The van der Waals surface area contributed by atoms with Gasteiger partial charge in [-0.05, 0) is 36.6 Å². The number of aliphatic hydroxyl groups excluding tert-OH is 1. The standard InChI is InChI=1S/C20H24N4O2/c1-20(21,11-15-12-23-18-17(15)8-5-9-22-18)19(26)24-16(13-25)10-14-6-3-2-4-7-14/h2-9,12,16,25H,10-11,13,21H2,1H3,(H,22,23)(H,24,26)/t16-,20?/m0/s1. The first-order valence-electron chi connectivity index (χ1n) is 8.65. The number of nitrogens with two attached hydrogens (primary N) is 1. The van der Waals surface area contributed by atoms with E-state index < -0.39 is 5.54 Å². The maximum atomic E-state index is 12.7. The fourth-order valence-electron chi connectivity index (χ4n) is 3.04. The summed E-state index contributed by atoms with van der Waals surface area (Å²) in [5, 5.41) is 13.5. The molecular formula is C20H24N4O2. The summed E-state index contributed by atoms with van der Waals surface area (Å²) in [7, 11) is 0. The predicted octanol–water partition coefficient (Wildman–Crippen LogP) is 1.54. The number of aliphatic hydroxyl groups is 1. The SMILES string of the molecule is CC(N)(Cc1c[nH]c2ncccc12)C(=O)N[C@H](CO)Cc1ccccc1. The first-order chi connectivity index (χ1) is 12.5. The Morgan fingerprint density at radius 1 is 1.31 bits per heavy atom. The van der Waals surface area contributed by atoms with Crippen LogP contribution in [0.15, 0.2) is 54.9 Å². The van der Waals surface area contributed by atoms with E-state index in [2.05, 4.69) is 15.3 Å². The molecular weight excluding hydrogens is 328 g/mol. The van der Waals surface area contributed by atoms with Crippen molar-refractivity contribution in [3.05, 3.63) is 66.0 Å². The molecule has 0 spiro atoms. The van der Waals surface area contributed by atoms with Gasteiger partial charge in [0.1, 0.15) is 5.65 Å². The highest BCUT2D eigenvalue weighted by Gasteiger charge is 2.31. The van der Waals surface area contributed by atoms with Gasteiger partial charge in [0.2, 0.25) is 5.91 Å². The Hall–Kier alpha value is -2.70. The summed E-state index contributed by atoms with van der Waals surface area (Å²) in [5.74, 6) is -0.286. The highest BCUT2D eigenvalue weighted by molar-refractivity contribution is 5.88. The Morgan fingerprint density at radius 3 is 2.81 bits per heavy atom. The molecule has 6 heteroatoms. The van der Waals surface area contributed by atoms with Crippen LogP contribution >= 0.6 is 0 Å². The zero-order valence-corrected chi connectivity index (χ0v) is 14.8. The number of nitrogens with one attached hydrogen (secondary N) is 2. The number of pyridine rings is 1. The maximum absolute atomic E-state index is 12.7. The number of amides is 1. The van der Waals surface area contributed by atoms with E-state index in [0.29, 0.717) is 12.8 Å². The monoisotopic (exact) mass is 352 g/mol. The summed E-state index contributed by atoms with van der Waals surface area (Å²) in [4.78, 5) is 20.1. The molecule has 3 aromatic rings. The van der Waals surface area contributed by atoms with Gasteiger partial charge in [-0.15, -0.1) is 0 Å². The summed E-state index contributed by atoms with van der Waals surface area (Å²) in [6, 6.07) is 13.2. The number of H-pyrrole nitrogens is 1. The van der Waals surface area contributed by atoms with Gasteiger partial charge >= 0.3 is 0 Å². The van der Waals surface area contributed by atoms with Crippen molar-refractivity contribution >= 4 is 16.9 Å². The number of hydrogen-bond acceptors (Lipinski definition) is 4. The van der Waals surface area contributed by atoms with Crippen molar-refractivity contribution in [3.63, 3.8) is 0 Å². The van der Waals surface area contributed by atoms with Crippen LogP contribution in [0.4, 0.5) is 0 Å². The van der Waals surface area contributed by atoms with Crippen LogP contribution in [0.1, 0.15) is 18.1 Å². The minimum absolute atomic E-state index is 0.145. The molecule has 3 rings (SSSR count). The lowest BCUT2D eigenvalue weighted by Gasteiger charge is -2.26. The van der Waals surface area contributed by atoms with E-state index in [9.17, 15) is 9.90 Å². The van der Waals surface area contributed by atoms with E-state index in [1.165, 1.54) is 0 Å². The number of rotatable bonds is 7. The van der Waals surface area contributed by atoms with E-state index in [1.54, 1.807) is 13.1 Å². The molecule has 2 heterocycles. The Labute approximate surface area is 152 Å². The number of carbonyl (C=O) groups is 1. The Bertz CT molecular complexity index is 874. The normalized spacial score (nSPS) is 14.7. The molecule has 2 aromatic heterocycles. The fraction of sp³-hybridized carbons (Fsp3) is 0.300. The van der Waals surface area contributed by atoms with Crippen molar-refractivity contribution in [1.82, 2.24) is 15.3 Å². The third-order valence-corrected chi connectivity index (χ3v) is 4.49. The molecule has 0 aliphatic carbocycles. The molecule has 6 nitrogen and oxygen atoms in total. The average molecular weight is 352 g/mol. The van der Waals surface area contributed by atoms with Crippen molar-refractivity contribution in [1.29, 1.82) is 0 Å². The summed E-state index contributed by atoms with van der Waals surface area (Å²) in [5.41, 5.74) is 7.97. The number of aromatic amines is 1. The van der Waals surface area contributed by atoms with E-state index >= 15 is 0 Å². The summed E-state index contributed by atoms with van der Waals surface area (Å²) in [6.45, 7) is 1.56. The zero-order valence-electron chi connectivity index (χ0n) is 14.8. The van der Waals surface area contributed by atoms with Gasteiger partial charge in [-0.3, -0.25) is 4.79 Å². The van der Waals surface area contributed by atoms with Crippen LogP contribution in [0.3, 0.4) is 0 Å². The van der Waals surface area contributed by atoms with Crippen LogP contribution in [-0.2, 0) is 17.6 Å². The molecule has 0 saturated heterocycles. The van der Waals surface area contributed by atoms with Crippen LogP contribution in [0, 0.1) is 0 Å². The second kappa shape index (κ2) is 7.68. The maximum Gasteiger partial charge on any atom is 0.240 e. The van der Waals surface area contributed by atoms with Gasteiger partial charge in [0.05, 0.1) is 18.2 Å². The molecule has 26 heavy (non-hydrogen) atoms. The van der Waals surface area contributed by atoms with Gasteiger partial charge in [0.25, 0.3) is 0 Å². The van der Waals surface area contributed by atoms with Crippen LogP contribution in [-0.4, -0.2) is 39.2 Å². The van der Waals surface area contributed by atoms with Crippen molar-refractivity contribution in [3.8, 4) is 0 Å². The van der Waals surface area contributed by atoms with E-state index in [-0.39, 0.29) is 18.6 Å². The molecule has 1 amide bonds. The minimum atomic E-state index is -1.10. The largest absolute Gasteiger partial charge is 0.394 e. The second-order valence-electron chi connectivity index (χ2n) is 6.85. The molecule has 5 N–H and O–H groups in total. The smallest absolute Gasteiger partial charge is 0.240 e. The lowest BCUT2D eigenvalue weighted by molar-refractivity contribution is -0.126. The second-order valence-corrected chi connectivity index (χ2v) is 6.85. The molecule has 0 aliphatic heterocycles. The van der Waals surface area contributed by atoms with Crippen molar-refractivity contribution < 1.29 is 9.90 Å². The van der Waals surface area contributed by atoms with Crippen molar-refractivity contribution in [2.24, 2.45) is 5.73 Å². The topological polar surface area (TPSA) is 104 Å². The Kier molecular flexibility index (Phi) is 5.35. The summed E-state index contributed by atoms with van der Waals surface area (Å²) >= 11 is 0. The first-order valence-corrected chi connectivity index (χ1v) is 8.65. The van der Waals surface area contributed by atoms with Crippen LogP contribution < -0.4 is 11.1 Å². The molecule has 0 saturated carbocycles. The highest BCUT2D eigenvalue weighted by Crippen LogP contribution is 2.20. The molecule has 0 aliphatic rings. The number of fused-ring (bicyclic) bond motifs is 1. The van der Waals surface area contributed by atoms with Crippen LogP contribution in [0.25, 0.3) is 11.0 Å². The van der Waals surface area contributed by atoms with E-state index in [1.807, 2.05) is 48.7 Å². The number of nitrogens with zero attached hydrogens (tertiary/aromatic N) is 1. The number of aromatic nitrogens is 2. The number of benzene rings is 1. The molecule has 136 valence electrons. The van der Waals surface area contributed by atoms with Gasteiger partial charge in [0.15, 0.2) is 0 Å². The van der Waals surface area contributed by atoms with Gasteiger partial charge in [-0.25, -0.2) is 4.98 Å². The summed E-state index contributed by atoms with van der Waals surface area (Å²) < 4.78 is 0. The van der Waals surface area contributed by atoms with Gasteiger partial charge in [0, 0.05) is 24.2 Å². The first kappa shape index (κ1) is 18.1. The minimum Gasteiger partial charge on any atom is -0.394 e. The fourth-order valence-corrected chi connectivity index (χ4v) is 3.04. The van der Waals surface area contributed by atoms with Gasteiger partial charge < -0.3 is 21.1 Å². The summed E-state index contributed by atoms with van der Waals surface area (Å²) in [6.07, 6.45) is 4.47. The predicted molar refractivity (Wildman–Crippen MR) is 102 cm³/mol. The molecule has 2 atom stereocenters. The highest BCUT2D eigenvalue weighted by atomic mass is 16.3.